The van der Waals surface area contributed by atoms with Gasteiger partial charge in [-0.2, -0.15) is 0 Å². The monoisotopic (exact) mass is 214 g/mol. The molecule has 0 fully saturated rings. The molecule has 1 nitrogen and oxygen atoms in total. The molecule has 0 heterocycles. The Morgan fingerprint density at radius 2 is 2.00 bits per heavy atom. The molecule has 0 aromatic carbocycles. The Morgan fingerprint density at radius 3 is 2.00 bits per heavy atom. The number of thioether (sulfide) groups is 1. The SMILES string of the molecule is CSC(N)=S.[Ag]. The van der Waals surface area contributed by atoms with Gasteiger partial charge in [-0.3, -0.25) is 0 Å². The number of nitrogens with two attached hydrogens (primary N) is 1. The van der Waals surface area contributed by atoms with E-state index in [4.69, 9.17) is 5.73 Å². The summed E-state index contributed by atoms with van der Waals surface area (Å²) in [5.74, 6) is 0. The zero-order valence-corrected chi connectivity index (χ0v) is 6.31. The standard InChI is InChI=1S/C2H5NS2.Ag/c1-5-2(3)4;/h1H3,(H2,3,4);. The van der Waals surface area contributed by atoms with Gasteiger partial charge in [0, 0.05) is 22.4 Å². The predicted octanol–water partition coefficient (Wildman–Crippen LogP) is 0.591. The summed E-state index contributed by atoms with van der Waals surface area (Å²) in [7, 11) is 0. The normalized spacial score (nSPS) is 6.17. The second-order valence-electron chi connectivity index (χ2n) is 0.523. The summed E-state index contributed by atoms with van der Waals surface area (Å²) in [6.45, 7) is 0. The first-order valence-electron chi connectivity index (χ1n) is 1.11. The third kappa shape index (κ3) is 8.88. The molecule has 6 heavy (non-hydrogen) atoms. The van der Waals surface area contributed by atoms with Crippen molar-refractivity contribution in [2.45, 2.75) is 0 Å². The largest absolute Gasteiger partial charge is 0.385 e. The van der Waals surface area contributed by atoms with Crippen molar-refractivity contribution in [3.05, 3.63) is 0 Å². The Bertz CT molecular complexity index is 46.8. The molecule has 41 valence electrons. The van der Waals surface area contributed by atoms with Gasteiger partial charge in [-0.25, -0.2) is 0 Å². The Hall–Kier alpha value is 0.980. The van der Waals surface area contributed by atoms with Crippen molar-refractivity contribution in [3.8, 4) is 0 Å². The van der Waals surface area contributed by atoms with Crippen LogP contribution in [0.3, 0.4) is 0 Å². The van der Waals surface area contributed by atoms with Crippen molar-refractivity contribution in [2.75, 3.05) is 6.26 Å². The number of rotatable bonds is 0. The first kappa shape index (κ1) is 10.1. The summed E-state index contributed by atoms with van der Waals surface area (Å²) in [4.78, 5) is 0. The van der Waals surface area contributed by atoms with E-state index in [1.165, 1.54) is 11.8 Å². The molecule has 1 radical (unpaired) electrons. The Labute approximate surface area is 62.6 Å². The second-order valence-corrected chi connectivity index (χ2v) is 2.07. The molecular weight excluding hydrogens is 210 g/mol. The summed E-state index contributed by atoms with van der Waals surface area (Å²) in [6, 6.07) is 0. The van der Waals surface area contributed by atoms with Gasteiger partial charge in [0.25, 0.3) is 0 Å². The maximum atomic E-state index is 4.99. The van der Waals surface area contributed by atoms with E-state index in [2.05, 4.69) is 12.2 Å². The van der Waals surface area contributed by atoms with E-state index in [1.54, 1.807) is 0 Å². The van der Waals surface area contributed by atoms with Gasteiger partial charge in [0.2, 0.25) is 0 Å². The molecule has 0 bridgehead atoms. The summed E-state index contributed by atoms with van der Waals surface area (Å²) in [5, 5.41) is 0. The van der Waals surface area contributed by atoms with Crippen LogP contribution in [0.5, 0.6) is 0 Å². The van der Waals surface area contributed by atoms with Crippen LogP contribution in [0.1, 0.15) is 0 Å². The average molecular weight is 215 g/mol. The van der Waals surface area contributed by atoms with Crippen molar-refractivity contribution >= 4 is 28.3 Å². The third-order valence-corrected chi connectivity index (χ3v) is 1.10. The summed E-state index contributed by atoms with van der Waals surface area (Å²) < 4.78 is 0.505. The van der Waals surface area contributed by atoms with E-state index in [9.17, 15) is 0 Å². The molecule has 0 amide bonds. The van der Waals surface area contributed by atoms with Gasteiger partial charge in [-0.15, -0.1) is 11.8 Å². The van der Waals surface area contributed by atoms with Gasteiger partial charge in [0.1, 0.15) is 4.32 Å². The van der Waals surface area contributed by atoms with Crippen molar-refractivity contribution in [3.63, 3.8) is 0 Å². The molecule has 0 atom stereocenters. The van der Waals surface area contributed by atoms with Crippen LogP contribution in [0.25, 0.3) is 0 Å². The van der Waals surface area contributed by atoms with Gasteiger partial charge in [0.15, 0.2) is 0 Å². The minimum absolute atomic E-state index is 0. The van der Waals surface area contributed by atoms with E-state index in [-0.39, 0.29) is 22.4 Å². The minimum Gasteiger partial charge on any atom is -0.385 e. The minimum atomic E-state index is 0. The first-order chi connectivity index (χ1) is 2.27. The van der Waals surface area contributed by atoms with Crippen molar-refractivity contribution in [2.24, 2.45) is 5.73 Å². The second kappa shape index (κ2) is 5.98. The molecule has 2 N–H and O–H groups in total. The molecule has 0 unspecified atom stereocenters. The molecule has 0 spiro atoms. The van der Waals surface area contributed by atoms with E-state index in [0.717, 1.165) is 0 Å². The van der Waals surface area contributed by atoms with Gasteiger partial charge in [-0.1, -0.05) is 12.2 Å². The predicted molar refractivity (Wildman–Crippen MR) is 30.3 cm³/mol. The Balaban J connectivity index is 0. The van der Waals surface area contributed by atoms with E-state index < -0.39 is 0 Å². The molecule has 0 aromatic rings. The topological polar surface area (TPSA) is 26.0 Å². The molecule has 0 aliphatic rings. The van der Waals surface area contributed by atoms with Crippen LogP contribution < -0.4 is 5.73 Å². The molecule has 0 saturated carbocycles. The van der Waals surface area contributed by atoms with Gasteiger partial charge in [0.05, 0.1) is 0 Å². The smallest absolute Gasteiger partial charge is 0.130 e. The van der Waals surface area contributed by atoms with Gasteiger partial charge >= 0.3 is 0 Å². The Kier molecular flexibility index (Phi) is 10.0. The summed E-state index contributed by atoms with van der Waals surface area (Å²) in [5.41, 5.74) is 4.99. The first-order valence-corrected chi connectivity index (χ1v) is 2.74. The molecular formula is C2H5AgNS2. The van der Waals surface area contributed by atoms with E-state index in [1.807, 2.05) is 6.26 Å². The average Bonchev–Trinajstić information content (AvgIpc) is 1.38. The van der Waals surface area contributed by atoms with E-state index in [0.29, 0.717) is 4.32 Å². The van der Waals surface area contributed by atoms with Crippen LogP contribution in [0.15, 0.2) is 0 Å². The van der Waals surface area contributed by atoms with Gasteiger partial charge in [-0.05, 0) is 6.26 Å². The fourth-order valence-electron chi connectivity index (χ4n) is 0. The number of hydrogen-bond acceptors (Lipinski definition) is 2. The van der Waals surface area contributed by atoms with Crippen LogP contribution in [-0.4, -0.2) is 10.6 Å². The molecule has 0 aliphatic heterocycles. The number of thiocarbonyl (C=S) groups is 1. The molecule has 4 heteroatoms. The maximum absolute atomic E-state index is 4.99. The molecule has 0 aromatic heterocycles. The zero-order chi connectivity index (χ0) is 4.28. The number of hydrogen-bond donors (Lipinski definition) is 1. The Morgan fingerprint density at radius 1 is 1.83 bits per heavy atom. The third-order valence-electron chi connectivity index (χ3n) is 0.201. The fourth-order valence-corrected chi connectivity index (χ4v) is 0. The molecule has 0 rings (SSSR count). The van der Waals surface area contributed by atoms with Crippen molar-refractivity contribution in [1.29, 1.82) is 0 Å². The van der Waals surface area contributed by atoms with Crippen LogP contribution in [0.2, 0.25) is 0 Å². The van der Waals surface area contributed by atoms with Crippen molar-refractivity contribution in [1.82, 2.24) is 0 Å². The molecule has 0 saturated heterocycles. The van der Waals surface area contributed by atoms with Crippen LogP contribution >= 0.6 is 24.0 Å². The van der Waals surface area contributed by atoms with Gasteiger partial charge < -0.3 is 5.73 Å². The maximum Gasteiger partial charge on any atom is 0.130 e. The van der Waals surface area contributed by atoms with Crippen molar-refractivity contribution < 1.29 is 22.4 Å². The van der Waals surface area contributed by atoms with E-state index >= 15 is 0 Å². The quantitative estimate of drug-likeness (QED) is 0.473. The van der Waals surface area contributed by atoms with Crippen LogP contribution in [0, 0.1) is 0 Å². The fraction of sp³-hybridized carbons (Fsp3) is 0.500. The summed E-state index contributed by atoms with van der Waals surface area (Å²) >= 11 is 5.83. The van der Waals surface area contributed by atoms with Crippen LogP contribution in [-0.2, 0) is 22.4 Å². The summed E-state index contributed by atoms with van der Waals surface area (Å²) in [6.07, 6.45) is 1.85. The molecule has 0 aliphatic carbocycles. The van der Waals surface area contributed by atoms with Crippen LogP contribution in [0.4, 0.5) is 0 Å². The zero-order valence-electron chi connectivity index (χ0n) is 3.20.